The number of pyridine rings is 1. The highest BCUT2D eigenvalue weighted by molar-refractivity contribution is 9.10. The van der Waals surface area contributed by atoms with Gasteiger partial charge in [-0.3, -0.25) is 0 Å². The molecular weight excluding hydrogens is 305 g/mol. The van der Waals surface area contributed by atoms with Crippen LogP contribution in [0.4, 0.5) is 4.39 Å². The number of carbonyl (C=O) groups is 1. The van der Waals surface area contributed by atoms with Gasteiger partial charge in [0, 0.05) is 16.7 Å². The van der Waals surface area contributed by atoms with Crippen LogP contribution in [0.2, 0.25) is 0 Å². The lowest BCUT2D eigenvalue weighted by atomic mass is 10.3. The molecule has 18 heavy (non-hydrogen) atoms. The number of hydrogen-bond donors (Lipinski definition) is 1. The summed E-state index contributed by atoms with van der Waals surface area (Å²) in [6, 6.07) is 6.75. The second-order valence-electron chi connectivity index (χ2n) is 3.36. The molecule has 0 radical (unpaired) electrons. The van der Waals surface area contributed by atoms with E-state index < -0.39 is 11.8 Å². The summed E-state index contributed by atoms with van der Waals surface area (Å²) >= 11 is 3.19. The van der Waals surface area contributed by atoms with Crippen molar-refractivity contribution >= 4 is 21.9 Å². The van der Waals surface area contributed by atoms with Crippen LogP contribution >= 0.6 is 15.9 Å². The van der Waals surface area contributed by atoms with Crippen molar-refractivity contribution in [3.8, 4) is 11.6 Å². The molecule has 0 aliphatic heterocycles. The third-order valence-electron chi connectivity index (χ3n) is 2.09. The number of ether oxygens (including phenoxy) is 1. The summed E-state index contributed by atoms with van der Waals surface area (Å²) in [6.45, 7) is 0. The molecule has 6 heteroatoms. The van der Waals surface area contributed by atoms with Crippen molar-refractivity contribution in [2.45, 2.75) is 0 Å². The van der Waals surface area contributed by atoms with Crippen molar-refractivity contribution in [2.24, 2.45) is 0 Å². The fourth-order valence-corrected chi connectivity index (χ4v) is 1.61. The van der Waals surface area contributed by atoms with E-state index in [1.807, 2.05) is 0 Å². The second-order valence-corrected chi connectivity index (χ2v) is 4.28. The van der Waals surface area contributed by atoms with Crippen LogP contribution in [0.1, 0.15) is 10.4 Å². The first-order valence-electron chi connectivity index (χ1n) is 4.88. The van der Waals surface area contributed by atoms with E-state index in [2.05, 4.69) is 20.9 Å². The van der Waals surface area contributed by atoms with Gasteiger partial charge in [-0.15, -0.1) is 0 Å². The van der Waals surface area contributed by atoms with Crippen LogP contribution < -0.4 is 4.74 Å². The molecule has 0 saturated carbocycles. The van der Waals surface area contributed by atoms with Crippen LogP contribution in [0.5, 0.6) is 11.6 Å². The first-order chi connectivity index (χ1) is 8.56. The van der Waals surface area contributed by atoms with Crippen LogP contribution in [-0.4, -0.2) is 16.1 Å². The molecule has 1 heterocycles. The molecule has 92 valence electrons. The summed E-state index contributed by atoms with van der Waals surface area (Å²) in [5.74, 6) is -1.66. The number of carboxylic acid groups (broad SMARTS) is 1. The fourth-order valence-electron chi connectivity index (χ4n) is 1.27. The van der Waals surface area contributed by atoms with Gasteiger partial charge in [-0.25, -0.2) is 14.2 Å². The molecule has 0 fully saturated rings. The Kier molecular flexibility index (Phi) is 3.57. The maximum atomic E-state index is 13.4. The van der Waals surface area contributed by atoms with Crippen molar-refractivity contribution in [1.29, 1.82) is 0 Å². The second kappa shape index (κ2) is 5.14. The predicted octanol–water partition coefficient (Wildman–Crippen LogP) is 3.47. The van der Waals surface area contributed by atoms with E-state index in [4.69, 9.17) is 9.84 Å². The number of nitrogens with zero attached hydrogens (tertiary/aromatic N) is 1. The monoisotopic (exact) mass is 311 g/mol. The Labute approximate surface area is 110 Å². The lowest BCUT2D eigenvalue weighted by Crippen LogP contribution is -1.98. The normalized spacial score (nSPS) is 10.1. The molecular formula is C12H7BrFNO3. The average molecular weight is 312 g/mol. The quantitative estimate of drug-likeness (QED) is 0.943. The lowest BCUT2D eigenvalue weighted by molar-refractivity contribution is 0.0696. The number of aromatic carboxylic acids is 1. The number of rotatable bonds is 3. The lowest BCUT2D eigenvalue weighted by Gasteiger charge is -2.06. The molecule has 0 saturated heterocycles. The zero-order chi connectivity index (χ0) is 13.1. The number of benzene rings is 1. The topological polar surface area (TPSA) is 59.4 Å². The van der Waals surface area contributed by atoms with Gasteiger partial charge in [-0.2, -0.15) is 0 Å². The molecule has 1 aromatic heterocycles. The van der Waals surface area contributed by atoms with E-state index in [9.17, 15) is 9.18 Å². The first-order valence-corrected chi connectivity index (χ1v) is 5.68. The van der Waals surface area contributed by atoms with Gasteiger partial charge in [0.05, 0.1) is 5.56 Å². The third kappa shape index (κ3) is 2.84. The van der Waals surface area contributed by atoms with Crippen molar-refractivity contribution in [2.75, 3.05) is 0 Å². The Morgan fingerprint density at radius 3 is 2.83 bits per heavy atom. The van der Waals surface area contributed by atoms with Crippen LogP contribution in [0.3, 0.4) is 0 Å². The standard InChI is InChI=1S/C12H7BrFNO3/c13-8-1-2-9(14)10(6-8)18-11-5-7(12(16)17)3-4-15-11/h1-6H,(H,16,17). The van der Waals surface area contributed by atoms with E-state index in [0.717, 1.165) is 0 Å². The van der Waals surface area contributed by atoms with Gasteiger partial charge in [0.1, 0.15) is 0 Å². The van der Waals surface area contributed by atoms with Crippen LogP contribution in [0.25, 0.3) is 0 Å². The molecule has 0 atom stereocenters. The molecule has 1 N–H and O–H groups in total. The van der Waals surface area contributed by atoms with E-state index in [1.54, 1.807) is 0 Å². The summed E-state index contributed by atoms with van der Waals surface area (Å²) in [6.07, 6.45) is 1.29. The Morgan fingerprint density at radius 2 is 2.11 bits per heavy atom. The molecule has 1 aromatic carbocycles. The minimum atomic E-state index is -1.10. The van der Waals surface area contributed by atoms with Gasteiger partial charge in [0.15, 0.2) is 11.6 Å². The highest BCUT2D eigenvalue weighted by Gasteiger charge is 2.09. The summed E-state index contributed by atoms with van der Waals surface area (Å²) in [7, 11) is 0. The van der Waals surface area contributed by atoms with Gasteiger partial charge in [0.25, 0.3) is 0 Å². The number of halogens is 2. The summed E-state index contributed by atoms with van der Waals surface area (Å²) in [5.41, 5.74) is 0.0235. The Balaban J connectivity index is 2.31. The molecule has 2 aromatic rings. The Morgan fingerprint density at radius 1 is 1.33 bits per heavy atom. The molecule has 2 rings (SSSR count). The Hall–Kier alpha value is -1.95. The molecule has 0 unspecified atom stereocenters. The van der Waals surface area contributed by atoms with E-state index in [-0.39, 0.29) is 17.2 Å². The van der Waals surface area contributed by atoms with Crippen LogP contribution in [0.15, 0.2) is 41.0 Å². The van der Waals surface area contributed by atoms with Crippen LogP contribution in [-0.2, 0) is 0 Å². The SMILES string of the molecule is O=C(O)c1ccnc(Oc2cc(Br)ccc2F)c1. The van der Waals surface area contributed by atoms with Crippen molar-refractivity contribution in [3.05, 3.63) is 52.4 Å². The highest BCUT2D eigenvalue weighted by Crippen LogP contribution is 2.26. The zero-order valence-electron chi connectivity index (χ0n) is 8.93. The minimum Gasteiger partial charge on any atom is -0.478 e. The van der Waals surface area contributed by atoms with Gasteiger partial charge in [-0.1, -0.05) is 15.9 Å². The largest absolute Gasteiger partial charge is 0.478 e. The average Bonchev–Trinajstić information content (AvgIpc) is 2.34. The molecule has 0 bridgehead atoms. The van der Waals surface area contributed by atoms with Crippen LogP contribution in [0, 0.1) is 5.82 Å². The van der Waals surface area contributed by atoms with Crippen molar-refractivity contribution < 1.29 is 19.0 Å². The molecule has 0 amide bonds. The summed E-state index contributed by atoms with van der Waals surface area (Å²) in [5, 5.41) is 8.81. The highest BCUT2D eigenvalue weighted by atomic mass is 79.9. The smallest absolute Gasteiger partial charge is 0.335 e. The molecule has 4 nitrogen and oxygen atoms in total. The number of carboxylic acids is 1. The maximum Gasteiger partial charge on any atom is 0.335 e. The summed E-state index contributed by atoms with van der Waals surface area (Å²) < 4.78 is 19.3. The predicted molar refractivity (Wildman–Crippen MR) is 65.4 cm³/mol. The third-order valence-corrected chi connectivity index (χ3v) is 2.58. The number of hydrogen-bond acceptors (Lipinski definition) is 3. The fraction of sp³-hybridized carbons (Fsp3) is 0. The van der Waals surface area contributed by atoms with Gasteiger partial charge in [-0.05, 0) is 24.3 Å². The van der Waals surface area contributed by atoms with Gasteiger partial charge in [0.2, 0.25) is 5.88 Å². The minimum absolute atomic E-state index is 0.0203. The van der Waals surface area contributed by atoms with E-state index in [0.29, 0.717) is 4.47 Å². The first kappa shape index (κ1) is 12.5. The van der Waals surface area contributed by atoms with Crippen molar-refractivity contribution in [3.63, 3.8) is 0 Å². The summed E-state index contributed by atoms with van der Waals surface area (Å²) in [4.78, 5) is 14.6. The Bertz CT molecular complexity index is 604. The van der Waals surface area contributed by atoms with Gasteiger partial charge < -0.3 is 9.84 Å². The van der Waals surface area contributed by atoms with Gasteiger partial charge >= 0.3 is 5.97 Å². The van der Waals surface area contributed by atoms with Crippen molar-refractivity contribution in [1.82, 2.24) is 4.98 Å². The maximum absolute atomic E-state index is 13.4. The number of aromatic nitrogens is 1. The van der Waals surface area contributed by atoms with E-state index in [1.165, 1.54) is 36.5 Å². The molecule has 0 spiro atoms. The molecule has 0 aliphatic carbocycles. The zero-order valence-corrected chi connectivity index (χ0v) is 10.5. The molecule has 0 aliphatic rings. The van der Waals surface area contributed by atoms with E-state index >= 15 is 0 Å².